The monoisotopic (exact) mass is 386 g/mol. The van der Waals surface area contributed by atoms with Crippen molar-refractivity contribution in [2.45, 2.75) is 6.42 Å². The van der Waals surface area contributed by atoms with E-state index in [0.717, 1.165) is 42.1 Å². The first kappa shape index (κ1) is 15.5. The second-order valence-corrected chi connectivity index (χ2v) is 7.12. The van der Waals surface area contributed by atoms with Crippen LogP contribution < -0.4 is 16.0 Å². The van der Waals surface area contributed by atoms with E-state index < -0.39 is 0 Å². The number of ketones is 1. The van der Waals surface area contributed by atoms with E-state index in [0.29, 0.717) is 10.4 Å². The minimum absolute atomic E-state index is 0. The van der Waals surface area contributed by atoms with Crippen molar-refractivity contribution in [3.63, 3.8) is 0 Å². The minimum atomic E-state index is -0.0736. The molecule has 22 heavy (non-hydrogen) atoms. The molecule has 0 atom stereocenters. The Morgan fingerprint density at radius 1 is 1.41 bits per heavy atom. The molecule has 3 heterocycles. The fourth-order valence-electron chi connectivity index (χ4n) is 2.45. The summed E-state index contributed by atoms with van der Waals surface area (Å²) < 4.78 is 0.750. The second-order valence-electron chi connectivity index (χ2n) is 5.14. The van der Waals surface area contributed by atoms with Gasteiger partial charge >= 0.3 is 0 Å². The topological polar surface area (TPSA) is 71.2 Å². The SMILES string of the molecule is Nc1ncc(Br)cc1C(=O)c1ccc(N2CCCNCC2)s1.[HH].[HH].[HH]. The molecule has 3 rings (SSSR count). The zero-order valence-electron chi connectivity index (χ0n) is 12.0. The molecule has 0 aliphatic carbocycles. The lowest BCUT2D eigenvalue weighted by molar-refractivity contribution is 0.104. The summed E-state index contributed by atoms with van der Waals surface area (Å²) in [7, 11) is 0. The first-order valence-electron chi connectivity index (χ1n) is 7.16. The molecule has 1 saturated heterocycles. The zero-order chi connectivity index (χ0) is 15.5. The van der Waals surface area contributed by atoms with Crippen LogP contribution in [0.1, 0.15) is 25.9 Å². The third-order valence-corrected chi connectivity index (χ3v) is 5.18. The van der Waals surface area contributed by atoms with Gasteiger partial charge in [-0.2, -0.15) is 0 Å². The molecule has 5 nitrogen and oxygen atoms in total. The number of rotatable bonds is 3. The van der Waals surface area contributed by atoms with Crippen molar-refractivity contribution >= 4 is 43.9 Å². The minimum Gasteiger partial charge on any atom is -0.383 e. The van der Waals surface area contributed by atoms with E-state index in [2.05, 4.69) is 31.1 Å². The maximum atomic E-state index is 12.6. The van der Waals surface area contributed by atoms with Gasteiger partial charge in [-0.3, -0.25) is 4.79 Å². The van der Waals surface area contributed by atoms with E-state index in [4.69, 9.17) is 5.73 Å². The van der Waals surface area contributed by atoms with E-state index in [1.54, 1.807) is 12.3 Å². The van der Waals surface area contributed by atoms with Crippen molar-refractivity contribution in [2.75, 3.05) is 36.8 Å². The fraction of sp³-hybridized carbons (Fsp3) is 0.333. The third kappa shape index (κ3) is 3.31. The standard InChI is InChI=1S/C15H17BrN4OS.3H2/c16-10-8-11(15(17)19-9-10)14(21)12-2-3-13(22-12)20-6-1-4-18-5-7-20;;;/h2-3,8-9,18H,1,4-7H2,(H2,17,19);3*1H. The Hall–Kier alpha value is -1.44. The van der Waals surface area contributed by atoms with Gasteiger partial charge in [-0.15, -0.1) is 11.3 Å². The molecular weight excluding hydrogens is 364 g/mol. The molecule has 0 amide bonds. The van der Waals surface area contributed by atoms with Crippen LogP contribution in [0.5, 0.6) is 0 Å². The highest BCUT2D eigenvalue weighted by molar-refractivity contribution is 9.10. The molecule has 3 N–H and O–H groups in total. The lowest BCUT2D eigenvalue weighted by Crippen LogP contribution is -2.26. The summed E-state index contributed by atoms with van der Waals surface area (Å²) in [6, 6.07) is 5.62. The van der Waals surface area contributed by atoms with Crippen LogP contribution in [-0.2, 0) is 0 Å². The maximum Gasteiger partial charge on any atom is 0.206 e. The van der Waals surface area contributed by atoms with E-state index >= 15 is 0 Å². The Kier molecular flexibility index (Phi) is 4.75. The summed E-state index contributed by atoms with van der Waals surface area (Å²) >= 11 is 4.85. The number of nitrogens with two attached hydrogens (primary N) is 1. The van der Waals surface area contributed by atoms with Crippen molar-refractivity contribution in [3.8, 4) is 0 Å². The van der Waals surface area contributed by atoms with Crippen molar-refractivity contribution < 1.29 is 9.07 Å². The third-order valence-electron chi connectivity index (χ3n) is 3.60. The van der Waals surface area contributed by atoms with Crippen LogP contribution in [-0.4, -0.2) is 36.9 Å². The quantitative estimate of drug-likeness (QED) is 0.792. The van der Waals surface area contributed by atoms with E-state index in [1.807, 2.05) is 12.1 Å². The van der Waals surface area contributed by atoms with Crippen LogP contribution >= 0.6 is 27.3 Å². The highest BCUT2D eigenvalue weighted by atomic mass is 79.9. The van der Waals surface area contributed by atoms with E-state index in [1.165, 1.54) is 11.3 Å². The predicted molar refractivity (Wildman–Crippen MR) is 100 cm³/mol. The van der Waals surface area contributed by atoms with Gasteiger partial charge in [0.25, 0.3) is 0 Å². The molecule has 0 saturated carbocycles. The molecule has 1 fully saturated rings. The zero-order valence-corrected chi connectivity index (χ0v) is 14.4. The summed E-state index contributed by atoms with van der Waals surface area (Å²) in [4.78, 5) is 19.7. The molecule has 0 unspecified atom stereocenters. The normalized spacial score (nSPS) is 15.6. The van der Waals surface area contributed by atoms with Gasteiger partial charge in [-0.1, -0.05) is 0 Å². The average Bonchev–Trinajstić information content (AvgIpc) is 2.85. The van der Waals surface area contributed by atoms with Crippen LogP contribution in [0.3, 0.4) is 0 Å². The molecule has 1 aliphatic heterocycles. The first-order valence-corrected chi connectivity index (χ1v) is 8.77. The molecule has 122 valence electrons. The highest BCUT2D eigenvalue weighted by Crippen LogP contribution is 2.29. The van der Waals surface area contributed by atoms with Crippen LogP contribution in [0, 0.1) is 0 Å². The van der Waals surface area contributed by atoms with Gasteiger partial charge in [0.1, 0.15) is 5.82 Å². The number of halogens is 1. The van der Waals surface area contributed by atoms with Crippen LogP contribution in [0.2, 0.25) is 0 Å². The van der Waals surface area contributed by atoms with Crippen LogP contribution in [0.15, 0.2) is 28.9 Å². The summed E-state index contributed by atoms with van der Waals surface area (Å²) in [5, 5.41) is 4.52. The van der Waals surface area contributed by atoms with Crippen LogP contribution in [0.4, 0.5) is 10.8 Å². The van der Waals surface area contributed by atoms with Crippen molar-refractivity contribution in [3.05, 3.63) is 39.3 Å². The summed E-state index contributed by atoms with van der Waals surface area (Å²) in [6.45, 7) is 4.01. The molecule has 0 radical (unpaired) electrons. The van der Waals surface area contributed by atoms with Crippen molar-refractivity contribution in [1.82, 2.24) is 10.3 Å². The Bertz CT molecular complexity index is 693. The molecule has 0 spiro atoms. The van der Waals surface area contributed by atoms with Gasteiger partial charge < -0.3 is 16.0 Å². The molecular formula is C15H23BrN4OS. The van der Waals surface area contributed by atoms with Gasteiger partial charge in [-0.05, 0) is 47.1 Å². The Morgan fingerprint density at radius 2 is 2.27 bits per heavy atom. The number of anilines is 2. The lowest BCUT2D eigenvalue weighted by Gasteiger charge is -2.19. The largest absolute Gasteiger partial charge is 0.383 e. The summed E-state index contributed by atoms with van der Waals surface area (Å²) in [5.41, 5.74) is 6.28. The average molecular weight is 387 g/mol. The van der Waals surface area contributed by atoms with Crippen molar-refractivity contribution in [2.24, 2.45) is 0 Å². The fourth-order valence-corrected chi connectivity index (χ4v) is 3.79. The molecule has 1 aliphatic rings. The number of hydrogen-bond acceptors (Lipinski definition) is 6. The molecule has 2 aromatic heterocycles. The smallest absolute Gasteiger partial charge is 0.206 e. The van der Waals surface area contributed by atoms with Gasteiger partial charge in [0, 0.05) is 34.6 Å². The van der Waals surface area contributed by atoms with E-state index in [-0.39, 0.29) is 15.9 Å². The molecule has 0 bridgehead atoms. The van der Waals surface area contributed by atoms with Crippen LogP contribution in [0.25, 0.3) is 0 Å². The summed E-state index contributed by atoms with van der Waals surface area (Å²) in [5.74, 6) is 0.192. The van der Waals surface area contributed by atoms with Crippen molar-refractivity contribution in [1.29, 1.82) is 0 Å². The van der Waals surface area contributed by atoms with Gasteiger partial charge in [-0.25, -0.2) is 4.98 Å². The van der Waals surface area contributed by atoms with Gasteiger partial charge in [0.05, 0.1) is 15.4 Å². The number of nitrogens with one attached hydrogen (secondary N) is 1. The number of thiophene rings is 1. The number of nitrogen functional groups attached to an aromatic ring is 1. The highest BCUT2D eigenvalue weighted by Gasteiger charge is 2.18. The molecule has 7 heteroatoms. The number of carbonyl (C=O) groups excluding carboxylic acids is 1. The number of hydrogen-bond donors (Lipinski definition) is 2. The molecule has 2 aromatic rings. The first-order chi connectivity index (χ1) is 10.6. The number of nitrogens with zero attached hydrogens (tertiary/aromatic N) is 2. The molecule has 0 aromatic carbocycles. The van der Waals surface area contributed by atoms with Gasteiger partial charge in [0.15, 0.2) is 0 Å². The number of pyridine rings is 1. The Morgan fingerprint density at radius 3 is 3.14 bits per heavy atom. The van der Waals surface area contributed by atoms with Gasteiger partial charge in [0.2, 0.25) is 5.78 Å². The second kappa shape index (κ2) is 6.76. The predicted octanol–water partition coefficient (Wildman–Crippen LogP) is 3.26. The Balaban J connectivity index is 0.00000192. The maximum absolute atomic E-state index is 12.6. The number of aromatic nitrogens is 1. The Labute approximate surface area is 146 Å². The lowest BCUT2D eigenvalue weighted by atomic mass is 10.1. The van der Waals surface area contributed by atoms with E-state index in [9.17, 15) is 4.79 Å². The summed E-state index contributed by atoms with van der Waals surface area (Å²) in [6.07, 6.45) is 2.71. The number of carbonyl (C=O) groups is 1.